The largest absolute Gasteiger partial charge is 0.381 e. The van der Waals surface area contributed by atoms with Gasteiger partial charge in [-0.05, 0) is 15.9 Å². The molecule has 0 bridgehead atoms. The zero-order valence-corrected chi connectivity index (χ0v) is 12.3. The highest BCUT2D eigenvalue weighted by molar-refractivity contribution is 9.10. The molecule has 1 aromatic heterocycles. The fourth-order valence-electron chi connectivity index (χ4n) is 1.76. The molecule has 1 aliphatic heterocycles. The van der Waals surface area contributed by atoms with E-state index in [1.54, 1.807) is 0 Å². The summed E-state index contributed by atoms with van der Waals surface area (Å²) in [7, 11) is -3.86. The van der Waals surface area contributed by atoms with Crippen LogP contribution in [-0.4, -0.2) is 24.2 Å². The summed E-state index contributed by atoms with van der Waals surface area (Å²) in [4.78, 5) is 8.48. The summed E-state index contributed by atoms with van der Waals surface area (Å²) in [6.45, 7) is 0. The summed E-state index contributed by atoms with van der Waals surface area (Å²) in [5, 5.41) is 0. The number of anilines is 1. The Labute approximate surface area is 123 Å². The Hall–Kier alpha value is -2.00. The van der Waals surface area contributed by atoms with Crippen LogP contribution in [0.5, 0.6) is 0 Å². The van der Waals surface area contributed by atoms with Crippen molar-refractivity contribution in [1.82, 2.24) is 9.97 Å². The first-order valence-corrected chi connectivity index (χ1v) is 7.71. The lowest BCUT2D eigenvalue weighted by Crippen LogP contribution is -2.28. The fourth-order valence-corrected chi connectivity index (χ4v) is 3.03. The molecule has 2 aromatic rings. The van der Waals surface area contributed by atoms with Crippen LogP contribution in [0.25, 0.3) is 11.3 Å². The monoisotopic (exact) mass is 353 g/mol. The van der Waals surface area contributed by atoms with Crippen LogP contribution < -0.4 is 10.5 Å². The minimum atomic E-state index is -3.86. The fraction of sp³-hybridized carbons (Fsp3) is 0. The summed E-state index contributed by atoms with van der Waals surface area (Å²) in [6.07, 6.45) is 0. The van der Waals surface area contributed by atoms with Crippen LogP contribution in [-0.2, 0) is 10.2 Å². The summed E-state index contributed by atoms with van der Waals surface area (Å²) < 4.78 is 29.0. The number of rotatable bonds is 1. The third-order valence-electron chi connectivity index (χ3n) is 2.59. The number of aromatic nitrogens is 2. The molecule has 1 aliphatic rings. The standard InChI is InChI=1S/C11H8BrN5O2S/c12-9-7(6-4-2-1-3-5-6)15-11-8(14-9)10(13)16-20(18,19)17-11/h1-5H,(H2,13,16)(H,15,17). The van der Waals surface area contributed by atoms with Crippen LogP contribution in [0.2, 0.25) is 0 Å². The third kappa shape index (κ3) is 2.25. The van der Waals surface area contributed by atoms with E-state index >= 15 is 0 Å². The summed E-state index contributed by atoms with van der Waals surface area (Å²) in [6, 6.07) is 9.26. The number of nitrogens with one attached hydrogen (secondary N) is 1. The molecule has 0 radical (unpaired) electrons. The molecule has 0 aliphatic carbocycles. The maximum absolute atomic E-state index is 11.5. The van der Waals surface area contributed by atoms with Gasteiger partial charge in [-0.1, -0.05) is 30.3 Å². The van der Waals surface area contributed by atoms with Gasteiger partial charge in [0.2, 0.25) is 0 Å². The van der Waals surface area contributed by atoms with Crippen molar-refractivity contribution in [3.05, 3.63) is 40.6 Å². The topological polar surface area (TPSA) is 110 Å². The van der Waals surface area contributed by atoms with Crippen molar-refractivity contribution in [2.45, 2.75) is 0 Å². The van der Waals surface area contributed by atoms with Crippen LogP contribution in [0.3, 0.4) is 0 Å². The third-order valence-corrected chi connectivity index (χ3v) is 4.03. The first-order chi connectivity index (χ1) is 9.46. The maximum atomic E-state index is 11.5. The molecule has 0 saturated heterocycles. The van der Waals surface area contributed by atoms with Gasteiger partial charge in [0.05, 0.1) is 0 Å². The predicted molar refractivity (Wildman–Crippen MR) is 78.4 cm³/mol. The van der Waals surface area contributed by atoms with E-state index in [0.29, 0.717) is 10.3 Å². The Morgan fingerprint density at radius 1 is 1.10 bits per heavy atom. The smallest absolute Gasteiger partial charge is 0.345 e. The second kappa shape index (κ2) is 4.53. The molecule has 3 N–H and O–H groups in total. The lowest BCUT2D eigenvalue weighted by atomic mass is 10.1. The normalized spacial score (nSPS) is 15.9. The van der Waals surface area contributed by atoms with E-state index in [4.69, 9.17) is 5.73 Å². The van der Waals surface area contributed by atoms with Crippen LogP contribution in [0, 0.1) is 0 Å². The van der Waals surface area contributed by atoms with Crippen LogP contribution in [0.4, 0.5) is 5.82 Å². The van der Waals surface area contributed by atoms with E-state index in [1.165, 1.54) is 0 Å². The van der Waals surface area contributed by atoms with Gasteiger partial charge in [-0.3, -0.25) is 0 Å². The summed E-state index contributed by atoms with van der Waals surface area (Å²) in [5.41, 5.74) is 7.10. The van der Waals surface area contributed by atoms with Crippen molar-refractivity contribution in [2.24, 2.45) is 10.1 Å². The van der Waals surface area contributed by atoms with Crippen LogP contribution in [0.1, 0.15) is 5.69 Å². The highest BCUT2D eigenvalue weighted by Gasteiger charge is 2.25. The molecule has 0 unspecified atom stereocenters. The highest BCUT2D eigenvalue weighted by atomic mass is 79.9. The van der Waals surface area contributed by atoms with Crippen molar-refractivity contribution < 1.29 is 8.42 Å². The van der Waals surface area contributed by atoms with Gasteiger partial charge in [-0.2, -0.15) is 8.42 Å². The van der Waals surface area contributed by atoms with Crippen molar-refractivity contribution in [3.8, 4) is 11.3 Å². The molecule has 0 saturated carbocycles. The molecule has 102 valence electrons. The first kappa shape index (κ1) is 13.0. The quantitative estimate of drug-likeness (QED) is 0.802. The minimum absolute atomic E-state index is 0.0690. The van der Waals surface area contributed by atoms with E-state index in [9.17, 15) is 8.42 Å². The number of nitrogens with zero attached hydrogens (tertiary/aromatic N) is 3. The molecule has 20 heavy (non-hydrogen) atoms. The molecule has 0 atom stereocenters. The number of hydrogen-bond acceptors (Lipinski definition) is 5. The predicted octanol–water partition coefficient (Wildman–Crippen LogP) is 1.28. The van der Waals surface area contributed by atoms with Gasteiger partial charge in [0, 0.05) is 5.56 Å². The number of hydrogen-bond donors (Lipinski definition) is 2. The minimum Gasteiger partial charge on any atom is -0.381 e. The van der Waals surface area contributed by atoms with Gasteiger partial charge in [-0.25, -0.2) is 14.7 Å². The Morgan fingerprint density at radius 2 is 1.80 bits per heavy atom. The second-order valence-corrected chi connectivity index (χ2v) is 6.07. The zero-order valence-electron chi connectivity index (χ0n) is 9.91. The second-order valence-electron chi connectivity index (χ2n) is 3.98. The van der Waals surface area contributed by atoms with Gasteiger partial charge >= 0.3 is 10.2 Å². The zero-order chi connectivity index (χ0) is 14.3. The molecule has 9 heteroatoms. The van der Waals surface area contributed by atoms with Gasteiger partial charge in [0.15, 0.2) is 17.3 Å². The molecule has 0 amide bonds. The van der Waals surface area contributed by atoms with Gasteiger partial charge in [0.1, 0.15) is 10.3 Å². The van der Waals surface area contributed by atoms with Crippen molar-refractivity contribution in [1.29, 1.82) is 0 Å². The number of nitrogens with two attached hydrogens (primary N) is 1. The van der Waals surface area contributed by atoms with Crippen molar-refractivity contribution >= 4 is 37.8 Å². The lowest BCUT2D eigenvalue weighted by molar-refractivity contribution is 0.602. The van der Waals surface area contributed by atoms with Crippen molar-refractivity contribution in [2.75, 3.05) is 4.72 Å². The number of amidine groups is 1. The van der Waals surface area contributed by atoms with E-state index in [0.717, 1.165) is 5.56 Å². The van der Waals surface area contributed by atoms with Gasteiger partial charge in [0.25, 0.3) is 0 Å². The molecule has 2 heterocycles. The number of halogens is 1. The van der Waals surface area contributed by atoms with E-state index < -0.39 is 10.2 Å². The lowest BCUT2D eigenvalue weighted by Gasteiger charge is -2.15. The molecule has 0 fully saturated rings. The Kier molecular flexibility index (Phi) is 2.94. The van der Waals surface area contributed by atoms with E-state index in [2.05, 4.69) is 35.0 Å². The highest BCUT2D eigenvalue weighted by Crippen LogP contribution is 2.29. The average Bonchev–Trinajstić information content (AvgIpc) is 2.39. The van der Waals surface area contributed by atoms with Gasteiger partial charge < -0.3 is 5.73 Å². The summed E-state index contributed by atoms with van der Waals surface area (Å²) >= 11 is 3.31. The SMILES string of the molecule is NC1=NS(=O)(=O)Nc2nc(-c3ccccc3)c(Br)nc21. The average molecular weight is 354 g/mol. The first-order valence-electron chi connectivity index (χ1n) is 5.48. The molecule has 1 aromatic carbocycles. The Bertz CT molecular complexity index is 820. The van der Waals surface area contributed by atoms with E-state index in [-0.39, 0.29) is 17.3 Å². The van der Waals surface area contributed by atoms with E-state index in [1.807, 2.05) is 30.3 Å². The molecular formula is C11H8BrN5O2S. The maximum Gasteiger partial charge on any atom is 0.345 e. The molecule has 3 rings (SSSR count). The van der Waals surface area contributed by atoms with Crippen LogP contribution in [0.15, 0.2) is 39.3 Å². The van der Waals surface area contributed by atoms with Gasteiger partial charge in [-0.15, -0.1) is 4.40 Å². The Balaban J connectivity index is 2.22. The molecule has 0 spiro atoms. The number of fused-ring (bicyclic) bond motifs is 1. The molecular weight excluding hydrogens is 346 g/mol. The Morgan fingerprint density at radius 3 is 2.50 bits per heavy atom. The van der Waals surface area contributed by atoms with Crippen LogP contribution >= 0.6 is 15.9 Å². The summed E-state index contributed by atoms with van der Waals surface area (Å²) in [5.74, 6) is -0.119. The van der Waals surface area contributed by atoms with Crippen molar-refractivity contribution in [3.63, 3.8) is 0 Å². The molecule has 7 nitrogen and oxygen atoms in total. The number of benzene rings is 1.